The van der Waals surface area contributed by atoms with Gasteiger partial charge in [0.05, 0.1) is 12.5 Å². The minimum absolute atomic E-state index is 0.0680. The first-order valence-corrected chi connectivity index (χ1v) is 9.33. The Hall–Kier alpha value is -2.65. The highest BCUT2D eigenvalue weighted by molar-refractivity contribution is 6.02. The summed E-state index contributed by atoms with van der Waals surface area (Å²) in [6, 6.07) is 11.9. The Balaban J connectivity index is 1.60. The maximum absolute atomic E-state index is 12.6. The fraction of sp³-hybridized carbons (Fsp3) is 0.381. The van der Waals surface area contributed by atoms with E-state index < -0.39 is 36.8 Å². The van der Waals surface area contributed by atoms with Gasteiger partial charge in [0.25, 0.3) is 0 Å². The van der Waals surface area contributed by atoms with E-state index in [9.17, 15) is 25.2 Å². The number of carbonyl (C=O) groups excluding carboxylic acids is 1. The number of fused-ring (bicyclic) bond motifs is 1. The molecule has 0 aliphatic carbocycles. The molecule has 8 heteroatoms. The van der Waals surface area contributed by atoms with E-state index in [1.807, 2.05) is 30.3 Å². The summed E-state index contributed by atoms with van der Waals surface area (Å²) in [4.78, 5) is 12.6. The lowest BCUT2D eigenvalue weighted by atomic mass is 9.95. The maximum Gasteiger partial charge on any atom is 0.229 e. The molecule has 2 aliphatic rings. The average molecular weight is 402 g/mol. The maximum atomic E-state index is 12.6. The molecule has 6 atom stereocenters. The van der Waals surface area contributed by atoms with Crippen LogP contribution >= 0.6 is 0 Å². The van der Waals surface area contributed by atoms with E-state index in [4.69, 9.17) is 14.2 Å². The number of aliphatic hydroxyl groups is 3. The number of ether oxygens (including phenoxy) is 3. The topological polar surface area (TPSA) is 126 Å². The number of hydrogen-bond acceptors (Lipinski definition) is 8. The lowest BCUT2D eigenvalue weighted by Gasteiger charge is -2.39. The molecule has 8 nitrogen and oxygen atoms in total. The number of hydrogen-bond donors (Lipinski definition) is 4. The fourth-order valence-corrected chi connectivity index (χ4v) is 3.58. The van der Waals surface area contributed by atoms with Crippen LogP contribution in [0.5, 0.6) is 17.2 Å². The number of aliphatic hydroxyl groups excluding tert-OH is 3. The predicted molar refractivity (Wildman–Crippen MR) is 99.8 cm³/mol. The van der Waals surface area contributed by atoms with Crippen LogP contribution in [0.1, 0.15) is 35.4 Å². The summed E-state index contributed by atoms with van der Waals surface area (Å²) in [5.41, 5.74) is 0.896. The molecule has 1 fully saturated rings. The second-order valence-electron chi connectivity index (χ2n) is 7.26. The van der Waals surface area contributed by atoms with Crippen molar-refractivity contribution in [3.8, 4) is 17.2 Å². The molecule has 2 heterocycles. The lowest BCUT2D eigenvalue weighted by molar-refractivity contribution is -0.268. The molecule has 2 aromatic rings. The van der Waals surface area contributed by atoms with Crippen LogP contribution in [0.25, 0.3) is 0 Å². The van der Waals surface area contributed by atoms with Gasteiger partial charge in [-0.05, 0) is 12.5 Å². The van der Waals surface area contributed by atoms with E-state index in [2.05, 4.69) is 0 Å². The zero-order valence-electron chi connectivity index (χ0n) is 15.6. The van der Waals surface area contributed by atoms with Crippen LogP contribution in [0.4, 0.5) is 0 Å². The van der Waals surface area contributed by atoms with Gasteiger partial charge in [-0.25, -0.2) is 0 Å². The Bertz CT molecular complexity index is 899. The van der Waals surface area contributed by atoms with Crippen LogP contribution in [0.3, 0.4) is 0 Å². The van der Waals surface area contributed by atoms with Gasteiger partial charge in [0.15, 0.2) is 5.78 Å². The number of phenols is 1. The number of phenolic OH excluding ortho intramolecular Hbond substituents is 1. The third kappa shape index (κ3) is 3.67. The van der Waals surface area contributed by atoms with Gasteiger partial charge in [-0.1, -0.05) is 30.3 Å². The fourth-order valence-electron chi connectivity index (χ4n) is 3.58. The first-order valence-electron chi connectivity index (χ1n) is 9.33. The number of Topliss-reactive ketones (excluding diaryl/α,β-unsaturated/α-hetero) is 1. The van der Waals surface area contributed by atoms with Crippen molar-refractivity contribution >= 4 is 5.78 Å². The number of carbonyl (C=O) groups is 1. The Morgan fingerprint density at radius 3 is 2.48 bits per heavy atom. The smallest absolute Gasteiger partial charge is 0.229 e. The summed E-state index contributed by atoms with van der Waals surface area (Å²) in [5, 5.41) is 40.2. The number of ketones is 1. The summed E-state index contributed by atoms with van der Waals surface area (Å²) in [6.07, 6.45) is -6.66. The molecule has 0 amide bonds. The Morgan fingerprint density at radius 1 is 1.03 bits per heavy atom. The highest BCUT2D eigenvalue weighted by Gasteiger charge is 2.43. The Morgan fingerprint density at radius 2 is 1.76 bits per heavy atom. The molecule has 0 aromatic heterocycles. The number of aromatic hydroxyl groups is 1. The number of benzene rings is 2. The van der Waals surface area contributed by atoms with Gasteiger partial charge in [0.2, 0.25) is 6.29 Å². The van der Waals surface area contributed by atoms with Gasteiger partial charge >= 0.3 is 0 Å². The molecular formula is C21H22O8. The van der Waals surface area contributed by atoms with Crippen LogP contribution in [-0.2, 0) is 4.74 Å². The molecule has 0 radical (unpaired) electrons. The molecule has 29 heavy (non-hydrogen) atoms. The van der Waals surface area contributed by atoms with Gasteiger partial charge in [-0.3, -0.25) is 4.79 Å². The monoisotopic (exact) mass is 402 g/mol. The first-order chi connectivity index (χ1) is 13.8. The quantitative estimate of drug-likeness (QED) is 0.605. The van der Waals surface area contributed by atoms with E-state index in [0.717, 1.165) is 5.56 Å². The molecular weight excluding hydrogens is 380 g/mol. The van der Waals surface area contributed by atoms with Crippen molar-refractivity contribution in [3.63, 3.8) is 0 Å². The van der Waals surface area contributed by atoms with Gasteiger partial charge < -0.3 is 34.6 Å². The first kappa shape index (κ1) is 19.7. The standard InChI is InChI=1S/C21H22O8/c1-10-18(24)19(25)20(26)21(27-10)28-12-7-13(22)17-14(23)9-15(29-16(17)8-12)11-5-3-2-4-6-11/h2-8,10,15,18-22,24-26H,9H2,1H3/t10-,15+,18+,19+,20-,21+/m1/s1. The molecule has 2 aliphatic heterocycles. The van der Waals surface area contributed by atoms with Gasteiger partial charge in [0, 0.05) is 12.1 Å². The van der Waals surface area contributed by atoms with Crippen LogP contribution < -0.4 is 9.47 Å². The molecule has 4 rings (SSSR count). The largest absolute Gasteiger partial charge is 0.507 e. The predicted octanol–water partition coefficient (Wildman–Crippen LogP) is 1.30. The lowest BCUT2D eigenvalue weighted by Crippen LogP contribution is -2.58. The van der Waals surface area contributed by atoms with Gasteiger partial charge in [0.1, 0.15) is 47.2 Å². The molecule has 0 saturated carbocycles. The van der Waals surface area contributed by atoms with Crippen molar-refractivity contribution in [3.05, 3.63) is 53.6 Å². The van der Waals surface area contributed by atoms with Crippen molar-refractivity contribution < 1.29 is 39.4 Å². The van der Waals surface area contributed by atoms with Crippen molar-refractivity contribution in [1.29, 1.82) is 0 Å². The van der Waals surface area contributed by atoms with Crippen LogP contribution in [0.15, 0.2) is 42.5 Å². The molecule has 0 bridgehead atoms. The molecule has 1 saturated heterocycles. The van der Waals surface area contributed by atoms with Crippen molar-refractivity contribution in [1.82, 2.24) is 0 Å². The third-order valence-electron chi connectivity index (χ3n) is 5.21. The molecule has 2 aromatic carbocycles. The van der Waals surface area contributed by atoms with Crippen molar-refractivity contribution in [2.75, 3.05) is 0 Å². The normalized spacial score (nSPS) is 31.7. The molecule has 4 N–H and O–H groups in total. The highest BCUT2D eigenvalue weighted by atomic mass is 16.7. The van der Waals surface area contributed by atoms with E-state index in [0.29, 0.717) is 0 Å². The van der Waals surface area contributed by atoms with Crippen molar-refractivity contribution in [2.24, 2.45) is 0 Å². The minimum Gasteiger partial charge on any atom is -0.507 e. The second-order valence-corrected chi connectivity index (χ2v) is 7.26. The number of rotatable bonds is 3. The SMILES string of the molecule is C[C@H]1O[C@@H](Oc2cc(O)c3c(c2)O[C@H](c2ccccc2)CC3=O)[C@H](O)[C@@H](O)[C@H]1O. The molecule has 154 valence electrons. The summed E-state index contributed by atoms with van der Waals surface area (Å²) >= 11 is 0. The minimum atomic E-state index is -1.50. The summed E-state index contributed by atoms with van der Waals surface area (Å²) < 4.78 is 16.9. The van der Waals surface area contributed by atoms with E-state index >= 15 is 0 Å². The summed E-state index contributed by atoms with van der Waals surface area (Å²) in [7, 11) is 0. The Kier molecular flexibility index (Phi) is 5.18. The van der Waals surface area contributed by atoms with Crippen molar-refractivity contribution in [2.45, 2.75) is 50.2 Å². The summed E-state index contributed by atoms with van der Waals surface area (Å²) in [6.45, 7) is 1.53. The molecule has 0 unspecified atom stereocenters. The van der Waals surface area contributed by atoms with Crippen LogP contribution in [0, 0.1) is 0 Å². The average Bonchev–Trinajstić information content (AvgIpc) is 2.70. The zero-order chi connectivity index (χ0) is 20.7. The Labute approximate surface area is 166 Å². The third-order valence-corrected chi connectivity index (χ3v) is 5.21. The highest BCUT2D eigenvalue weighted by Crippen LogP contribution is 2.42. The van der Waals surface area contributed by atoms with Gasteiger partial charge in [-0.15, -0.1) is 0 Å². The van der Waals surface area contributed by atoms with Gasteiger partial charge in [-0.2, -0.15) is 0 Å². The van der Waals surface area contributed by atoms with E-state index in [-0.39, 0.29) is 35.0 Å². The zero-order valence-corrected chi connectivity index (χ0v) is 15.6. The second kappa shape index (κ2) is 7.64. The van der Waals surface area contributed by atoms with E-state index in [1.54, 1.807) is 0 Å². The van der Waals surface area contributed by atoms with E-state index in [1.165, 1.54) is 19.1 Å². The molecule has 0 spiro atoms. The summed E-state index contributed by atoms with van der Waals surface area (Å²) in [5.74, 6) is -0.329. The van der Waals surface area contributed by atoms with Crippen LogP contribution in [0.2, 0.25) is 0 Å². The van der Waals surface area contributed by atoms with Crippen LogP contribution in [-0.4, -0.2) is 56.9 Å².